The van der Waals surface area contributed by atoms with Crippen molar-refractivity contribution in [3.05, 3.63) is 71.8 Å². The van der Waals surface area contributed by atoms with Crippen LogP contribution in [0.1, 0.15) is 68.9 Å². The van der Waals surface area contributed by atoms with Crippen LogP contribution in [0.25, 0.3) is 0 Å². The van der Waals surface area contributed by atoms with Gasteiger partial charge in [-0.3, -0.25) is 28.8 Å². The summed E-state index contributed by atoms with van der Waals surface area (Å²) in [6.45, 7) is 2.46. The van der Waals surface area contributed by atoms with E-state index >= 15 is 0 Å². The molecule has 2 aromatic rings. The van der Waals surface area contributed by atoms with E-state index in [4.69, 9.17) is 10.2 Å². The molecular formula is C32H42N4O8. The Balaban J connectivity index is 1.91. The molecule has 12 nitrogen and oxygen atoms in total. The van der Waals surface area contributed by atoms with E-state index in [9.17, 15) is 28.8 Å². The Hall–Kier alpha value is -4.74. The van der Waals surface area contributed by atoms with Crippen LogP contribution >= 0.6 is 0 Å². The normalized spacial score (nSPS) is 12.7. The fourth-order valence-electron chi connectivity index (χ4n) is 4.63. The number of carbonyl (C=O) groups excluding carboxylic acids is 4. The fraction of sp³-hybridized carbons (Fsp3) is 0.438. The van der Waals surface area contributed by atoms with Gasteiger partial charge in [-0.2, -0.15) is 0 Å². The minimum Gasteiger partial charge on any atom is -0.481 e. The average molecular weight is 611 g/mol. The Bertz CT molecular complexity index is 1240. The molecule has 0 aliphatic carbocycles. The van der Waals surface area contributed by atoms with E-state index in [-0.39, 0.29) is 57.0 Å². The summed E-state index contributed by atoms with van der Waals surface area (Å²) >= 11 is 0. The zero-order valence-corrected chi connectivity index (χ0v) is 24.9. The van der Waals surface area contributed by atoms with Crippen LogP contribution in [0, 0.1) is 0 Å². The maximum Gasteiger partial charge on any atom is 0.303 e. The lowest BCUT2D eigenvalue weighted by Crippen LogP contribution is -2.50. The third-order valence-corrected chi connectivity index (χ3v) is 6.94. The van der Waals surface area contributed by atoms with Gasteiger partial charge in [0.2, 0.25) is 23.6 Å². The number of carboxylic acid groups (broad SMARTS) is 2. The van der Waals surface area contributed by atoms with Crippen molar-refractivity contribution in [1.82, 2.24) is 21.3 Å². The van der Waals surface area contributed by atoms with Gasteiger partial charge in [0.05, 0.1) is 12.8 Å². The van der Waals surface area contributed by atoms with Gasteiger partial charge in [0.25, 0.3) is 0 Å². The van der Waals surface area contributed by atoms with Crippen molar-refractivity contribution in [2.75, 3.05) is 13.1 Å². The number of unbranched alkanes of at least 4 members (excludes halogenated alkanes) is 1. The number of hydrogen-bond donors (Lipinski definition) is 6. The topological polar surface area (TPSA) is 191 Å². The molecule has 0 spiro atoms. The first kappa shape index (κ1) is 35.5. The molecule has 2 aromatic carbocycles. The van der Waals surface area contributed by atoms with Crippen LogP contribution < -0.4 is 21.3 Å². The number of hydrogen-bond acceptors (Lipinski definition) is 6. The van der Waals surface area contributed by atoms with E-state index in [1.807, 2.05) is 67.6 Å². The van der Waals surface area contributed by atoms with Crippen molar-refractivity contribution in [2.45, 2.75) is 76.3 Å². The van der Waals surface area contributed by atoms with E-state index < -0.39 is 41.7 Å². The quantitative estimate of drug-likeness (QED) is 0.123. The zero-order valence-electron chi connectivity index (χ0n) is 24.9. The van der Waals surface area contributed by atoms with E-state index in [1.54, 1.807) is 0 Å². The molecule has 0 aliphatic rings. The first-order valence-corrected chi connectivity index (χ1v) is 14.8. The van der Waals surface area contributed by atoms with Gasteiger partial charge < -0.3 is 31.5 Å². The van der Waals surface area contributed by atoms with Gasteiger partial charge in [0, 0.05) is 38.3 Å². The van der Waals surface area contributed by atoms with Crippen LogP contribution in [-0.4, -0.2) is 71.0 Å². The molecule has 0 radical (unpaired) electrons. The fourth-order valence-corrected chi connectivity index (χ4v) is 4.63. The smallest absolute Gasteiger partial charge is 0.303 e. The van der Waals surface area contributed by atoms with Gasteiger partial charge in [0.1, 0.15) is 12.1 Å². The molecule has 0 heterocycles. The Morgan fingerprint density at radius 3 is 1.68 bits per heavy atom. The van der Waals surface area contributed by atoms with Crippen molar-refractivity contribution < 1.29 is 39.0 Å². The van der Waals surface area contributed by atoms with E-state index in [1.165, 1.54) is 0 Å². The van der Waals surface area contributed by atoms with Crippen LogP contribution in [0.5, 0.6) is 0 Å². The van der Waals surface area contributed by atoms with Crippen molar-refractivity contribution in [3.8, 4) is 0 Å². The lowest BCUT2D eigenvalue weighted by Gasteiger charge is -2.27. The van der Waals surface area contributed by atoms with E-state index in [0.29, 0.717) is 19.3 Å². The molecule has 2 rings (SSSR count). The Morgan fingerprint density at radius 2 is 1.16 bits per heavy atom. The Kier molecular flexibility index (Phi) is 15.7. The average Bonchev–Trinajstić information content (AvgIpc) is 3.01. The van der Waals surface area contributed by atoms with Crippen LogP contribution in [0.15, 0.2) is 60.7 Å². The van der Waals surface area contributed by atoms with Crippen molar-refractivity contribution in [1.29, 1.82) is 0 Å². The minimum absolute atomic E-state index is 0.237. The standard InChI is InChI=1S/C32H42N4O8/c1-2-24(23-13-7-4-8-14-23)30(36-27(38)16-18-29(41)42)32(44)34-20-10-9-19-33-31(43)25(21-22-11-5-3-6-12-22)35-26(37)15-17-28(39)40/h3-8,11-14,24-25,30H,2,9-10,15-21H2,1H3,(H,33,43)(H,34,44)(H,35,37)(H,36,38)(H,39,40)(H,41,42)/t24?,25-,30-/m0/s1. The molecular weight excluding hydrogens is 568 g/mol. The lowest BCUT2D eigenvalue weighted by atomic mass is 9.88. The highest BCUT2D eigenvalue weighted by Gasteiger charge is 2.30. The molecule has 1 unspecified atom stereocenters. The summed E-state index contributed by atoms with van der Waals surface area (Å²) in [6, 6.07) is 16.7. The largest absolute Gasteiger partial charge is 0.481 e. The molecule has 0 bridgehead atoms. The van der Waals surface area contributed by atoms with Crippen molar-refractivity contribution in [2.24, 2.45) is 0 Å². The van der Waals surface area contributed by atoms with E-state index in [2.05, 4.69) is 21.3 Å². The van der Waals surface area contributed by atoms with E-state index in [0.717, 1.165) is 11.1 Å². The second-order valence-electron chi connectivity index (χ2n) is 10.4. The molecule has 0 saturated heterocycles. The number of carbonyl (C=O) groups is 6. The number of amides is 4. The maximum atomic E-state index is 13.2. The molecule has 0 aromatic heterocycles. The number of nitrogens with one attached hydrogen (secondary N) is 4. The second-order valence-corrected chi connectivity index (χ2v) is 10.4. The third kappa shape index (κ3) is 13.5. The van der Waals surface area contributed by atoms with Gasteiger partial charge in [-0.1, -0.05) is 67.6 Å². The molecule has 12 heteroatoms. The van der Waals surface area contributed by atoms with Gasteiger partial charge in [-0.25, -0.2) is 0 Å². The maximum absolute atomic E-state index is 13.2. The predicted molar refractivity (Wildman–Crippen MR) is 162 cm³/mol. The summed E-state index contributed by atoms with van der Waals surface area (Å²) in [5.41, 5.74) is 1.70. The summed E-state index contributed by atoms with van der Waals surface area (Å²) in [4.78, 5) is 72.5. The van der Waals surface area contributed by atoms with Crippen LogP contribution in [0.3, 0.4) is 0 Å². The third-order valence-electron chi connectivity index (χ3n) is 6.94. The van der Waals surface area contributed by atoms with Crippen LogP contribution in [0.4, 0.5) is 0 Å². The SMILES string of the molecule is CCC(c1ccccc1)[C@H](NC(=O)CCC(=O)O)C(=O)NCCCCNC(=O)[C@H](Cc1ccccc1)NC(=O)CCC(=O)O. The zero-order chi connectivity index (χ0) is 32.3. The lowest BCUT2D eigenvalue weighted by molar-refractivity contribution is -0.139. The summed E-state index contributed by atoms with van der Waals surface area (Å²) in [6.07, 6.45) is 0.671. The molecule has 4 amide bonds. The molecule has 0 saturated carbocycles. The molecule has 6 N–H and O–H groups in total. The second kappa shape index (κ2) is 19.4. The van der Waals surface area contributed by atoms with Crippen molar-refractivity contribution in [3.63, 3.8) is 0 Å². The first-order chi connectivity index (χ1) is 21.1. The highest BCUT2D eigenvalue weighted by atomic mass is 16.4. The number of rotatable bonds is 20. The summed E-state index contributed by atoms with van der Waals surface area (Å²) < 4.78 is 0. The summed E-state index contributed by atoms with van der Waals surface area (Å²) in [5.74, 6) is -4.37. The molecule has 0 fully saturated rings. The van der Waals surface area contributed by atoms with Crippen molar-refractivity contribution >= 4 is 35.6 Å². The number of carboxylic acids is 2. The first-order valence-electron chi connectivity index (χ1n) is 14.8. The highest BCUT2D eigenvalue weighted by Crippen LogP contribution is 2.24. The molecule has 238 valence electrons. The highest BCUT2D eigenvalue weighted by molar-refractivity contribution is 5.90. The van der Waals surface area contributed by atoms with Crippen LogP contribution in [0.2, 0.25) is 0 Å². The number of aliphatic carboxylic acids is 2. The predicted octanol–water partition coefficient (Wildman–Crippen LogP) is 2.13. The molecule has 0 aliphatic heterocycles. The van der Waals surface area contributed by atoms with Gasteiger partial charge in [0.15, 0.2) is 0 Å². The Morgan fingerprint density at radius 1 is 0.659 bits per heavy atom. The van der Waals surface area contributed by atoms with Gasteiger partial charge in [-0.05, 0) is 30.4 Å². The minimum atomic E-state index is -1.10. The Labute approximate surface area is 257 Å². The van der Waals surface area contributed by atoms with Gasteiger partial charge in [-0.15, -0.1) is 0 Å². The molecule has 44 heavy (non-hydrogen) atoms. The van der Waals surface area contributed by atoms with Crippen LogP contribution in [-0.2, 0) is 35.2 Å². The monoisotopic (exact) mass is 610 g/mol. The number of benzene rings is 2. The summed E-state index contributed by atoms with van der Waals surface area (Å²) in [5, 5.41) is 28.7. The molecule has 3 atom stereocenters. The summed E-state index contributed by atoms with van der Waals surface area (Å²) in [7, 11) is 0. The van der Waals surface area contributed by atoms with Gasteiger partial charge >= 0.3 is 11.9 Å².